The van der Waals surface area contributed by atoms with Crippen molar-refractivity contribution in [2.24, 2.45) is 7.05 Å². The molecule has 136 valence electrons. The Balaban J connectivity index is 1.51. The molecule has 1 aliphatic heterocycles. The van der Waals surface area contributed by atoms with Gasteiger partial charge in [0, 0.05) is 50.8 Å². The van der Waals surface area contributed by atoms with Crippen molar-refractivity contribution in [2.75, 3.05) is 18.0 Å². The van der Waals surface area contributed by atoms with Gasteiger partial charge in [-0.15, -0.1) is 0 Å². The third-order valence-electron chi connectivity index (χ3n) is 4.78. The van der Waals surface area contributed by atoms with Gasteiger partial charge in [0.1, 0.15) is 17.0 Å². The number of aliphatic hydroxyl groups is 1. The predicted molar refractivity (Wildman–Crippen MR) is 97.0 cm³/mol. The highest BCUT2D eigenvalue weighted by Crippen LogP contribution is 2.22. The number of nitrogens with zero attached hydrogens (tertiary/aromatic N) is 5. The van der Waals surface area contributed by atoms with E-state index in [-0.39, 0.29) is 12.0 Å². The van der Waals surface area contributed by atoms with Crippen molar-refractivity contribution in [1.29, 1.82) is 0 Å². The maximum Gasteiger partial charge on any atom is 0.256 e. The van der Waals surface area contributed by atoms with Crippen molar-refractivity contribution in [3.63, 3.8) is 0 Å². The minimum absolute atomic E-state index is 0.171. The van der Waals surface area contributed by atoms with Crippen LogP contribution in [0.25, 0.3) is 5.65 Å². The van der Waals surface area contributed by atoms with E-state index < -0.39 is 0 Å². The number of anilines is 1. The molecule has 1 atom stereocenters. The van der Waals surface area contributed by atoms with Gasteiger partial charge < -0.3 is 19.9 Å². The molecule has 1 amide bonds. The molecule has 0 aliphatic carbocycles. The van der Waals surface area contributed by atoms with Crippen molar-refractivity contribution in [1.82, 2.24) is 24.5 Å². The number of fused-ring (bicyclic) bond motifs is 1. The lowest BCUT2D eigenvalue weighted by Crippen LogP contribution is -2.39. The lowest BCUT2D eigenvalue weighted by atomic mass is 10.1. The van der Waals surface area contributed by atoms with E-state index in [9.17, 15) is 9.90 Å². The van der Waals surface area contributed by atoms with Gasteiger partial charge in [-0.1, -0.05) is 6.07 Å². The minimum Gasteiger partial charge on any atom is -0.391 e. The summed E-state index contributed by atoms with van der Waals surface area (Å²) in [6, 6.07) is 3.82. The van der Waals surface area contributed by atoms with Gasteiger partial charge in [0.15, 0.2) is 0 Å². The summed E-state index contributed by atoms with van der Waals surface area (Å²) in [6.07, 6.45) is 8.43. The number of β-amino-alcohol motifs (C(OH)–C–C–N with tert-alkyl or cyclic N) is 1. The monoisotopic (exact) mass is 354 g/mol. The van der Waals surface area contributed by atoms with Gasteiger partial charge in [-0.3, -0.25) is 4.79 Å². The van der Waals surface area contributed by atoms with Crippen LogP contribution < -0.4 is 10.2 Å². The van der Waals surface area contributed by atoms with Gasteiger partial charge in [-0.2, -0.15) is 5.10 Å². The largest absolute Gasteiger partial charge is 0.391 e. The Morgan fingerprint density at radius 3 is 3.15 bits per heavy atom. The minimum atomic E-state index is -0.328. The fourth-order valence-electron chi connectivity index (χ4n) is 3.48. The van der Waals surface area contributed by atoms with E-state index >= 15 is 0 Å². The fraction of sp³-hybridized carbons (Fsp3) is 0.389. The molecule has 26 heavy (non-hydrogen) atoms. The van der Waals surface area contributed by atoms with Crippen LogP contribution in [0.4, 0.5) is 5.82 Å². The van der Waals surface area contributed by atoms with Gasteiger partial charge >= 0.3 is 0 Å². The molecule has 1 saturated heterocycles. The van der Waals surface area contributed by atoms with Gasteiger partial charge in [0.2, 0.25) is 0 Å². The first-order valence-electron chi connectivity index (χ1n) is 8.77. The second-order valence-corrected chi connectivity index (χ2v) is 6.65. The quantitative estimate of drug-likeness (QED) is 0.729. The summed E-state index contributed by atoms with van der Waals surface area (Å²) in [5.74, 6) is 0.654. The summed E-state index contributed by atoms with van der Waals surface area (Å²) in [6.45, 7) is 1.81. The maximum atomic E-state index is 12.6. The molecule has 0 aromatic carbocycles. The third kappa shape index (κ3) is 3.03. The molecule has 2 N–H and O–H groups in total. The van der Waals surface area contributed by atoms with E-state index in [2.05, 4.69) is 20.3 Å². The molecular formula is C18H22N6O2. The summed E-state index contributed by atoms with van der Waals surface area (Å²) in [5.41, 5.74) is 2.23. The van der Waals surface area contributed by atoms with E-state index in [1.165, 1.54) is 0 Å². The molecular weight excluding hydrogens is 332 g/mol. The molecule has 0 spiro atoms. The Bertz CT molecular complexity index is 931. The number of carbonyl (C=O) groups is 1. The average molecular weight is 354 g/mol. The smallest absolute Gasteiger partial charge is 0.256 e. The molecule has 3 aromatic heterocycles. The zero-order chi connectivity index (χ0) is 18.1. The van der Waals surface area contributed by atoms with Crippen LogP contribution in [0.5, 0.6) is 0 Å². The second kappa shape index (κ2) is 6.80. The Morgan fingerprint density at radius 2 is 2.31 bits per heavy atom. The Morgan fingerprint density at radius 1 is 1.42 bits per heavy atom. The van der Waals surface area contributed by atoms with Crippen molar-refractivity contribution >= 4 is 17.4 Å². The first kappa shape index (κ1) is 16.6. The topological polar surface area (TPSA) is 87.7 Å². The molecule has 1 unspecified atom stereocenters. The van der Waals surface area contributed by atoms with Crippen LogP contribution in [0.15, 0.2) is 36.9 Å². The second-order valence-electron chi connectivity index (χ2n) is 6.65. The Hall–Kier alpha value is -2.87. The summed E-state index contributed by atoms with van der Waals surface area (Å²) in [7, 11) is 1.88. The summed E-state index contributed by atoms with van der Waals surface area (Å²) >= 11 is 0. The van der Waals surface area contributed by atoms with E-state index in [0.29, 0.717) is 18.7 Å². The van der Waals surface area contributed by atoms with Crippen LogP contribution in [-0.2, 0) is 13.6 Å². The molecule has 8 heteroatoms. The van der Waals surface area contributed by atoms with Gasteiger partial charge in [0.05, 0.1) is 12.3 Å². The predicted octanol–water partition coefficient (Wildman–Crippen LogP) is 0.959. The number of aromatic nitrogens is 4. The zero-order valence-electron chi connectivity index (χ0n) is 14.7. The molecule has 0 radical (unpaired) electrons. The molecule has 3 aromatic rings. The number of hydrogen-bond donors (Lipinski definition) is 2. The highest BCUT2D eigenvalue weighted by Gasteiger charge is 2.21. The lowest BCUT2D eigenvalue weighted by Gasteiger charge is -2.32. The summed E-state index contributed by atoms with van der Waals surface area (Å²) in [4.78, 5) is 19.2. The molecule has 1 fully saturated rings. The Labute approximate surface area is 151 Å². The highest BCUT2D eigenvalue weighted by molar-refractivity contribution is 5.99. The van der Waals surface area contributed by atoms with Crippen LogP contribution in [0.3, 0.4) is 0 Å². The summed E-state index contributed by atoms with van der Waals surface area (Å²) in [5, 5.41) is 17.1. The normalized spacial score (nSPS) is 17.6. The molecule has 0 bridgehead atoms. The first-order chi connectivity index (χ1) is 12.6. The number of rotatable bonds is 4. The van der Waals surface area contributed by atoms with E-state index in [0.717, 1.165) is 36.4 Å². The van der Waals surface area contributed by atoms with Gasteiger partial charge in [-0.25, -0.2) is 9.50 Å². The first-order valence-corrected chi connectivity index (χ1v) is 8.77. The average Bonchev–Trinajstić information content (AvgIpc) is 3.23. The number of imidazole rings is 1. The van der Waals surface area contributed by atoms with Crippen molar-refractivity contribution < 1.29 is 9.90 Å². The number of carbonyl (C=O) groups excluding carboxylic acids is 1. The van der Waals surface area contributed by atoms with E-state index in [4.69, 9.17) is 0 Å². The molecule has 1 aliphatic rings. The van der Waals surface area contributed by atoms with Gasteiger partial charge in [-0.05, 0) is 18.9 Å². The zero-order valence-corrected chi connectivity index (χ0v) is 14.7. The maximum absolute atomic E-state index is 12.6. The number of aryl methyl sites for hydroxylation is 1. The van der Waals surface area contributed by atoms with Gasteiger partial charge in [0.25, 0.3) is 5.91 Å². The van der Waals surface area contributed by atoms with E-state index in [1.807, 2.05) is 36.1 Å². The highest BCUT2D eigenvalue weighted by atomic mass is 16.3. The summed E-state index contributed by atoms with van der Waals surface area (Å²) < 4.78 is 3.55. The van der Waals surface area contributed by atoms with Crippen molar-refractivity contribution in [3.8, 4) is 0 Å². The van der Waals surface area contributed by atoms with Crippen molar-refractivity contribution in [3.05, 3.63) is 48.0 Å². The van der Waals surface area contributed by atoms with Crippen molar-refractivity contribution in [2.45, 2.75) is 25.5 Å². The molecule has 0 saturated carbocycles. The standard InChI is InChI=1S/C18H22N6O2/c1-22-8-9-24-18(22)15(11-21-24)17(26)20-10-13-4-2-6-19-16(13)23-7-3-5-14(25)12-23/h2,4,6,8-9,11,14,25H,3,5,7,10,12H2,1H3,(H,20,26). The van der Waals surface area contributed by atoms with Crippen LogP contribution in [0.2, 0.25) is 0 Å². The van der Waals surface area contributed by atoms with Crippen LogP contribution in [0.1, 0.15) is 28.8 Å². The number of aliphatic hydroxyl groups excluding tert-OH is 1. The Kier molecular flexibility index (Phi) is 4.34. The van der Waals surface area contributed by atoms with Crippen LogP contribution in [0, 0.1) is 0 Å². The number of amides is 1. The number of hydrogen-bond acceptors (Lipinski definition) is 5. The van der Waals surface area contributed by atoms with E-state index in [1.54, 1.807) is 16.9 Å². The molecule has 4 rings (SSSR count). The third-order valence-corrected chi connectivity index (χ3v) is 4.78. The molecule has 8 nitrogen and oxygen atoms in total. The number of nitrogens with one attached hydrogen (secondary N) is 1. The number of pyridine rings is 1. The SMILES string of the molecule is Cn1ccn2ncc(C(=O)NCc3cccnc3N3CCCC(O)C3)c12. The van der Waals surface area contributed by atoms with Crippen LogP contribution in [-0.4, -0.2) is 49.4 Å². The lowest BCUT2D eigenvalue weighted by molar-refractivity contribution is 0.0952. The number of piperidine rings is 1. The van der Waals surface area contributed by atoms with Crippen LogP contribution >= 0.6 is 0 Å². The fourth-order valence-corrected chi connectivity index (χ4v) is 3.48. The molecule has 4 heterocycles.